The molecule has 0 fully saturated rings. The fourth-order valence-electron chi connectivity index (χ4n) is 10.6. The van der Waals surface area contributed by atoms with Gasteiger partial charge in [0.2, 0.25) is 0 Å². The average molecular weight is 773 g/mol. The summed E-state index contributed by atoms with van der Waals surface area (Å²) in [5, 5.41) is 7.51. The second kappa shape index (κ2) is 14.2. The van der Waals surface area contributed by atoms with E-state index in [2.05, 4.69) is 243 Å². The first-order chi connectivity index (χ1) is 30.3. The summed E-state index contributed by atoms with van der Waals surface area (Å²) in [6, 6.07) is 89.9. The summed E-state index contributed by atoms with van der Waals surface area (Å²) in [5.41, 5.74) is 17.2. The van der Waals surface area contributed by atoms with Gasteiger partial charge in [-0.2, -0.15) is 0 Å². The molecule has 11 aromatic carbocycles. The van der Waals surface area contributed by atoms with Crippen LogP contribution in [0.5, 0.6) is 0 Å². The van der Waals surface area contributed by atoms with Gasteiger partial charge in [0.25, 0.3) is 0 Å². The fourth-order valence-corrected chi connectivity index (χ4v) is 10.6. The third-order valence-corrected chi connectivity index (χ3v) is 13.2. The number of fused-ring (bicyclic) bond motifs is 6. The Kier molecular flexibility index (Phi) is 8.18. The second-order valence-corrected chi connectivity index (χ2v) is 16.3. The summed E-state index contributed by atoms with van der Waals surface area (Å²) < 4.78 is 0. The molecule has 11 aromatic rings. The predicted octanol–water partition coefficient (Wildman–Crippen LogP) is 16.2. The molecule has 0 aromatic heterocycles. The lowest BCUT2D eigenvalue weighted by Crippen LogP contribution is -2.28. The quantitative estimate of drug-likeness (QED) is 0.148. The van der Waals surface area contributed by atoms with Crippen molar-refractivity contribution in [2.75, 3.05) is 0 Å². The Morgan fingerprint density at radius 2 is 0.672 bits per heavy atom. The van der Waals surface area contributed by atoms with Crippen LogP contribution in [0.2, 0.25) is 0 Å². The van der Waals surface area contributed by atoms with Gasteiger partial charge in [-0.05, 0) is 122 Å². The normalized spacial score (nSPS) is 12.7. The minimum absolute atomic E-state index is 0.431. The zero-order valence-electron chi connectivity index (χ0n) is 33.6. The largest absolute Gasteiger partial charge is 0.0713 e. The van der Waals surface area contributed by atoms with Crippen LogP contribution >= 0.6 is 0 Å². The van der Waals surface area contributed by atoms with Crippen molar-refractivity contribution in [3.8, 4) is 55.6 Å². The maximum Gasteiger partial charge on any atom is 0.0713 e. The van der Waals surface area contributed by atoms with Crippen molar-refractivity contribution in [1.29, 1.82) is 0 Å². The van der Waals surface area contributed by atoms with Crippen LogP contribution in [-0.4, -0.2) is 0 Å². The van der Waals surface area contributed by atoms with E-state index in [0.29, 0.717) is 0 Å². The van der Waals surface area contributed by atoms with Gasteiger partial charge < -0.3 is 0 Å². The molecule has 0 spiro atoms. The summed E-state index contributed by atoms with van der Waals surface area (Å²) in [7, 11) is 0. The summed E-state index contributed by atoms with van der Waals surface area (Å²) in [6.07, 6.45) is 0. The molecule has 0 bridgehead atoms. The van der Waals surface area contributed by atoms with Crippen molar-refractivity contribution in [1.82, 2.24) is 0 Å². The Balaban J connectivity index is 1.14. The predicted molar refractivity (Wildman–Crippen MR) is 258 cm³/mol. The summed E-state index contributed by atoms with van der Waals surface area (Å²) >= 11 is 0. The summed E-state index contributed by atoms with van der Waals surface area (Å²) in [5.74, 6) is 0. The van der Waals surface area contributed by atoms with Gasteiger partial charge in [0, 0.05) is 0 Å². The van der Waals surface area contributed by atoms with Gasteiger partial charge in [0.1, 0.15) is 0 Å². The van der Waals surface area contributed by atoms with Crippen molar-refractivity contribution in [2.45, 2.75) is 5.41 Å². The lowest BCUT2D eigenvalue weighted by molar-refractivity contribution is 0.768. The van der Waals surface area contributed by atoms with Crippen LogP contribution in [0.4, 0.5) is 0 Å². The standard InChI is InChI=1S/C61H40/c1-5-19-41(20-6-1)47-36-37-53(49-28-14-13-27-48(47)49)60-52-31-16-15-30-51(52)59(42-21-7-2-8-22-42)54-35-33-43(40-56(54)60)44-34-38-58-55(39-44)50-29-17-18-32-57(50)61(58,45-23-9-3-10-24-45)46-25-11-4-12-26-46/h1-40H. The van der Waals surface area contributed by atoms with Crippen LogP contribution in [0.3, 0.4) is 0 Å². The van der Waals surface area contributed by atoms with Gasteiger partial charge >= 0.3 is 0 Å². The van der Waals surface area contributed by atoms with Crippen molar-refractivity contribution >= 4 is 32.3 Å². The fraction of sp³-hybridized carbons (Fsp3) is 0.0164. The van der Waals surface area contributed by atoms with Gasteiger partial charge in [-0.15, -0.1) is 0 Å². The van der Waals surface area contributed by atoms with E-state index in [1.807, 2.05) is 0 Å². The van der Waals surface area contributed by atoms with Crippen LogP contribution in [0, 0.1) is 0 Å². The zero-order valence-corrected chi connectivity index (χ0v) is 33.6. The molecule has 284 valence electrons. The molecule has 0 N–H and O–H groups in total. The third kappa shape index (κ3) is 5.39. The number of hydrogen-bond donors (Lipinski definition) is 0. The van der Waals surface area contributed by atoms with Crippen LogP contribution in [-0.2, 0) is 5.41 Å². The van der Waals surface area contributed by atoms with Crippen molar-refractivity contribution in [3.63, 3.8) is 0 Å². The highest BCUT2D eigenvalue weighted by molar-refractivity contribution is 6.24. The molecule has 0 radical (unpaired) electrons. The van der Waals surface area contributed by atoms with Gasteiger partial charge in [-0.3, -0.25) is 0 Å². The molecule has 0 aliphatic heterocycles. The molecular formula is C61H40. The van der Waals surface area contributed by atoms with E-state index in [0.717, 1.165) is 0 Å². The molecule has 61 heavy (non-hydrogen) atoms. The first-order valence-corrected chi connectivity index (χ1v) is 21.3. The van der Waals surface area contributed by atoms with E-state index in [4.69, 9.17) is 0 Å². The van der Waals surface area contributed by atoms with E-state index >= 15 is 0 Å². The van der Waals surface area contributed by atoms with Crippen LogP contribution in [0.1, 0.15) is 22.3 Å². The maximum atomic E-state index is 2.47. The molecule has 0 amide bonds. The molecule has 0 unspecified atom stereocenters. The molecular weight excluding hydrogens is 733 g/mol. The van der Waals surface area contributed by atoms with Crippen molar-refractivity contribution in [2.24, 2.45) is 0 Å². The van der Waals surface area contributed by atoms with Gasteiger partial charge in [0.15, 0.2) is 0 Å². The molecule has 1 aliphatic carbocycles. The molecule has 12 rings (SSSR count). The van der Waals surface area contributed by atoms with Crippen molar-refractivity contribution < 1.29 is 0 Å². The molecule has 0 saturated heterocycles. The van der Waals surface area contributed by atoms with E-state index in [1.54, 1.807) is 0 Å². The molecule has 0 nitrogen and oxygen atoms in total. The Morgan fingerprint density at radius 1 is 0.213 bits per heavy atom. The van der Waals surface area contributed by atoms with E-state index < -0.39 is 5.41 Å². The second-order valence-electron chi connectivity index (χ2n) is 16.3. The SMILES string of the molecule is c1ccc(-c2ccc(-c3c4ccccc4c(-c4ccccc4)c4ccc(-c5ccc6c(c5)-c5ccccc5C6(c5ccccc5)c5ccccc5)cc34)c3ccccc23)cc1. The third-order valence-electron chi connectivity index (χ3n) is 13.2. The molecule has 1 aliphatic rings. The lowest BCUT2D eigenvalue weighted by atomic mass is 9.67. The average Bonchev–Trinajstić information content (AvgIpc) is 3.64. The van der Waals surface area contributed by atoms with Gasteiger partial charge in [0.05, 0.1) is 5.41 Å². The van der Waals surface area contributed by atoms with Gasteiger partial charge in [-0.1, -0.05) is 231 Å². The lowest BCUT2D eigenvalue weighted by Gasteiger charge is -2.33. The Labute approximate surface area is 356 Å². The van der Waals surface area contributed by atoms with Crippen LogP contribution in [0.25, 0.3) is 88.0 Å². The van der Waals surface area contributed by atoms with E-state index in [1.165, 1.54) is 110 Å². The Bertz CT molecular complexity index is 3400. The van der Waals surface area contributed by atoms with Crippen LogP contribution < -0.4 is 0 Å². The number of hydrogen-bond acceptors (Lipinski definition) is 0. The Hall–Kier alpha value is -7.80. The topological polar surface area (TPSA) is 0 Å². The molecule has 0 atom stereocenters. The van der Waals surface area contributed by atoms with E-state index in [9.17, 15) is 0 Å². The summed E-state index contributed by atoms with van der Waals surface area (Å²) in [4.78, 5) is 0. The van der Waals surface area contributed by atoms with Crippen LogP contribution in [0.15, 0.2) is 243 Å². The molecule has 0 heteroatoms. The summed E-state index contributed by atoms with van der Waals surface area (Å²) in [6.45, 7) is 0. The van der Waals surface area contributed by atoms with E-state index in [-0.39, 0.29) is 0 Å². The highest BCUT2D eigenvalue weighted by Crippen LogP contribution is 2.57. The highest BCUT2D eigenvalue weighted by Gasteiger charge is 2.46. The smallest absolute Gasteiger partial charge is 0.0622 e. The minimum Gasteiger partial charge on any atom is -0.0622 e. The monoisotopic (exact) mass is 772 g/mol. The first kappa shape index (κ1) is 35.2. The number of rotatable bonds is 6. The zero-order chi connectivity index (χ0) is 40.3. The minimum atomic E-state index is -0.431. The Morgan fingerprint density at radius 3 is 1.34 bits per heavy atom. The maximum absolute atomic E-state index is 2.47. The molecule has 0 heterocycles. The number of benzene rings is 11. The highest BCUT2D eigenvalue weighted by atomic mass is 14.5. The van der Waals surface area contributed by atoms with Crippen molar-refractivity contribution in [3.05, 3.63) is 265 Å². The molecule has 0 saturated carbocycles. The first-order valence-electron chi connectivity index (χ1n) is 21.3. The van der Waals surface area contributed by atoms with Gasteiger partial charge in [-0.25, -0.2) is 0 Å².